The van der Waals surface area contributed by atoms with Gasteiger partial charge in [0.15, 0.2) is 0 Å². The standard InChI is InChI=1S/C19H22FN3O2S/c1-13(19(25)22-16-6-4-5-7-17(16)26-3)23(2)12-18(24)21-15-10-8-14(20)9-11-15/h4-11,13H,12H2,1-3H3,(H,21,24)(H,22,25). The summed E-state index contributed by atoms with van der Waals surface area (Å²) in [5.41, 5.74) is 1.26. The molecule has 0 bridgehead atoms. The Bertz CT molecular complexity index is 768. The summed E-state index contributed by atoms with van der Waals surface area (Å²) in [4.78, 5) is 27.2. The lowest BCUT2D eigenvalue weighted by Gasteiger charge is -2.23. The maximum atomic E-state index is 12.9. The summed E-state index contributed by atoms with van der Waals surface area (Å²) in [6, 6.07) is 12.6. The SMILES string of the molecule is CSc1ccccc1NC(=O)C(C)N(C)CC(=O)Nc1ccc(F)cc1. The first-order valence-corrected chi connectivity index (χ1v) is 9.32. The predicted octanol–water partition coefficient (Wildman–Crippen LogP) is 3.45. The quantitative estimate of drug-likeness (QED) is 0.728. The zero-order valence-corrected chi connectivity index (χ0v) is 15.8. The van der Waals surface area contributed by atoms with E-state index < -0.39 is 6.04 Å². The molecule has 0 spiro atoms. The van der Waals surface area contributed by atoms with E-state index in [1.165, 1.54) is 24.3 Å². The number of likely N-dealkylation sites (N-methyl/N-ethyl adjacent to an activating group) is 1. The van der Waals surface area contributed by atoms with Crippen molar-refractivity contribution in [3.63, 3.8) is 0 Å². The Kier molecular flexibility index (Phi) is 7.17. The number of anilines is 2. The van der Waals surface area contributed by atoms with Gasteiger partial charge in [-0.15, -0.1) is 11.8 Å². The van der Waals surface area contributed by atoms with Gasteiger partial charge in [0.1, 0.15) is 5.82 Å². The Morgan fingerprint density at radius 3 is 2.42 bits per heavy atom. The topological polar surface area (TPSA) is 61.4 Å². The van der Waals surface area contributed by atoms with Crippen LogP contribution in [0.3, 0.4) is 0 Å². The maximum absolute atomic E-state index is 12.9. The van der Waals surface area contributed by atoms with E-state index in [0.717, 1.165) is 10.6 Å². The maximum Gasteiger partial charge on any atom is 0.241 e. The van der Waals surface area contributed by atoms with Crippen LogP contribution in [0.1, 0.15) is 6.92 Å². The Labute approximate surface area is 157 Å². The van der Waals surface area contributed by atoms with Gasteiger partial charge < -0.3 is 10.6 Å². The highest BCUT2D eigenvalue weighted by Gasteiger charge is 2.21. The van der Waals surface area contributed by atoms with E-state index in [0.29, 0.717) is 5.69 Å². The van der Waals surface area contributed by atoms with Gasteiger partial charge in [-0.25, -0.2) is 4.39 Å². The minimum atomic E-state index is -0.496. The number of nitrogens with zero attached hydrogens (tertiary/aromatic N) is 1. The number of halogens is 1. The van der Waals surface area contributed by atoms with Crippen LogP contribution in [0.5, 0.6) is 0 Å². The number of carbonyl (C=O) groups is 2. The Morgan fingerprint density at radius 1 is 1.12 bits per heavy atom. The van der Waals surface area contributed by atoms with E-state index in [9.17, 15) is 14.0 Å². The van der Waals surface area contributed by atoms with E-state index >= 15 is 0 Å². The molecule has 0 saturated carbocycles. The van der Waals surface area contributed by atoms with Crippen molar-refractivity contribution in [3.05, 3.63) is 54.3 Å². The lowest BCUT2D eigenvalue weighted by molar-refractivity contribution is -0.122. The van der Waals surface area contributed by atoms with E-state index in [1.807, 2.05) is 30.5 Å². The molecular weight excluding hydrogens is 353 g/mol. The molecule has 1 unspecified atom stereocenters. The molecule has 0 aliphatic heterocycles. The van der Waals surface area contributed by atoms with Crippen molar-refractivity contribution < 1.29 is 14.0 Å². The van der Waals surface area contributed by atoms with Crippen LogP contribution >= 0.6 is 11.8 Å². The lowest BCUT2D eigenvalue weighted by atomic mass is 10.2. The van der Waals surface area contributed by atoms with Gasteiger partial charge in [-0.2, -0.15) is 0 Å². The van der Waals surface area contributed by atoms with Gasteiger partial charge in [0.25, 0.3) is 0 Å². The smallest absolute Gasteiger partial charge is 0.241 e. The first kappa shape index (κ1) is 19.9. The molecule has 2 rings (SSSR count). The molecule has 0 aliphatic rings. The fourth-order valence-electron chi connectivity index (χ4n) is 2.28. The molecule has 0 fully saturated rings. The number of para-hydroxylation sites is 1. The van der Waals surface area contributed by atoms with E-state index in [2.05, 4.69) is 10.6 Å². The summed E-state index contributed by atoms with van der Waals surface area (Å²) < 4.78 is 12.9. The Hall–Kier alpha value is -2.38. The average Bonchev–Trinajstić information content (AvgIpc) is 2.63. The number of amides is 2. The van der Waals surface area contributed by atoms with Gasteiger partial charge in [-0.3, -0.25) is 14.5 Å². The Morgan fingerprint density at radius 2 is 1.77 bits per heavy atom. The monoisotopic (exact) mass is 375 g/mol. The molecule has 138 valence electrons. The normalized spacial score (nSPS) is 11.9. The lowest BCUT2D eigenvalue weighted by Crippen LogP contribution is -2.43. The van der Waals surface area contributed by atoms with Crippen molar-refractivity contribution in [1.82, 2.24) is 4.90 Å². The molecular formula is C19H22FN3O2S. The van der Waals surface area contributed by atoms with Gasteiger partial charge in [-0.1, -0.05) is 12.1 Å². The molecule has 5 nitrogen and oxygen atoms in total. The summed E-state index contributed by atoms with van der Waals surface area (Å²) >= 11 is 1.55. The van der Waals surface area contributed by atoms with Gasteiger partial charge in [-0.05, 0) is 56.6 Å². The minimum absolute atomic E-state index is 0.0378. The predicted molar refractivity (Wildman–Crippen MR) is 104 cm³/mol. The van der Waals surface area contributed by atoms with Crippen molar-refractivity contribution in [3.8, 4) is 0 Å². The molecule has 0 heterocycles. The van der Waals surface area contributed by atoms with Gasteiger partial charge >= 0.3 is 0 Å². The number of nitrogens with one attached hydrogen (secondary N) is 2. The first-order chi connectivity index (χ1) is 12.4. The summed E-state index contributed by atoms with van der Waals surface area (Å²) in [6.07, 6.45) is 1.94. The highest BCUT2D eigenvalue weighted by molar-refractivity contribution is 7.98. The zero-order chi connectivity index (χ0) is 19.1. The minimum Gasteiger partial charge on any atom is -0.325 e. The highest BCUT2D eigenvalue weighted by atomic mass is 32.2. The molecule has 26 heavy (non-hydrogen) atoms. The molecule has 1 atom stereocenters. The van der Waals surface area contributed by atoms with Crippen molar-refractivity contribution in [2.45, 2.75) is 17.9 Å². The van der Waals surface area contributed by atoms with E-state index in [-0.39, 0.29) is 24.2 Å². The average molecular weight is 375 g/mol. The third kappa shape index (κ3) is 5.57. The molecule has 2 N–H and O–H groups in total. The Balaban J connectivity index is 1.91. The second-order valence-corrected chi connectivity index (χ2v) is 6.68. The molecule has 7 heteroatoms. The number of carbonyl (C=O) groups excluding carboxylic acids is 2. The van der Waals surface area contributed by atoms with E-state index in [4.69, 9.17) is 0 Å². The molecule has 0 saturated heterocycles. The van der Waals surface area contributed by atoms with Crippen LogP contribution < -0.4 is 10.6 Å². The van der Waals surface area contributed by atoms with Gasteiger partial charge in [0, 0.05) is 10.6 Å². The largest absolute Gasteiger partial charge is 0.325 e. The zero-order valence-electron chi connectivity index (χ0n) is 15.0. The summed E-state index contributed by atoms with van der Waals surface area (Å²) in [7, 11) is 1.70. The molecule has 0 aromatic heterocycles. The number of thioether (sulfide) groups is 1. The second-order valence-electron chi connectivity index (χ2n) is 5.84. The van der Waals surface area contributed by atoms with Crippen molar-refractivity contribution >= 4 is 35.0 Å². The van der Waals surface area contributed by atoms with Gasteiger partial charge in [0.05, 0.1) is 18.3 Å². The summed E-state index contributed by atoms with van der Waals surface area (Å²) in [6.45, 7) is 1.78. The number of hydrogen-bond donors (Lipinski definition) is 2. The fraction of sp³-hybridized carbons (Fsp3) is 0.263. The van der Waals surface area contributed by atoms with Crippen LogP contribution in [0, 0.1) is 5.82 Å². The van der Waals surface area contributed by atoms with E-state index in [1.54, 1.807) is 30.6 Å². The van der Waals surface area contributed by atoms with Crippen LogP contribution in [0.25, 0.3) is 0 Å². The first-order valence-electron chi connectivity index (χ1n) is 8.10. The van der Waals surface area contributed by atoms with Crippen LogP contribution in [0.2, 0.25) is 0 Å². The van der Waals surface area contributed by atoms with Gasteiger partial charge in [0.2, 0.25) is 11.8 Å². The number of rotatable bonds is 7. The van der Waals surface area contributed by atoms with Crippen molar-refractivity contribution in [1.29, 1.82) is 0 Å². The van der Waals surface area contributed by atoms with Crippen molar-refractivity contribution in [2.24, 2.45) is 0 Å². The molecule has 2 amide bonds. The molecule has 0 aliphatic carbocycles. The van der Waals surface area contributed by atoms with Crippen LogP contribution in [-0.2, 0) is 9.59 Å². The van der Waals surface area contributed by atoms with Crippen molar-refractivity contribution in [2.75, 3.05) is 30.5 Å². The summed E-state index contributed by atoms with van der Waals surface area (Å²) in [5, 5.41) is 5.58. The molecule has 2 aromatic rings. The third-order valence-electron chi connectivity index (χ3n) is 3.93. The fourth-order valence-corrected chi connectivity index (χ4v) is 2.84. The number of hydrogen-bond acceptors (Lipinski definition) is 4. The molecule has 0 radical (unpaired) electrons. The molecule has 2 aromatic carbocycles. The second kappa shape index (κ2) is 9.35. The highest BCUT2D eigenvalue weighted by Crippen LogP contribution is 2.24. The summed E-state index contributed by atoms with van der Waals surface area (Å²) in [5.74, 6) is -0.831. The van der Waals surface area contributed by atoms with Crippen LogP contribution in [0.15, 0.2) is 53.4 Å². The third-order valence-corrected chi connectivity index (χ3v) is 4.72. The van der Waals surface area contributed by atoms with Crippen LogP contribution in [0.4, 0.5) is 15.8 Å². The number of benzene rings is 2. The van der Waals surface area contributed by atoms with Crippen LogP contribution in [-0.4, -0.2) is 42.6 Å².